The average molecular weight is 346 g/mol. The molecular weight excluding hydrogens is 333 g/mol. The summed E-state index contributed by atoms with van der Waals surface area (Å²) >= 11 is 3.21. The number of halogens is 2. The highest BCUT2D eigenvalue weighted by Gasteiger charge is 2.14. The number of benzene rings is 1. The Bertz CT molecular complexity index is 545. The molecule has 20 heavy (non-hydrogen) atoms. The molecular formula is C13H13BrFNO4. The maximum Gasteiger partial charge on any atom is 0.354 e. The lowest BCUT2D eigenvalue weighted by atomic mass is 10.2. The van der Waals surface area contributed by atoms with Gasteiger partial charge in [-0.05, 0) is 17.7 Å². The van der Waals surface area contributed by atoms with E-state index < -0.39 is 17.8 Å². The summed E-state index contributed by atoms with van der Waals surface area (Å²) in [6.45, 7) is 0. The molecule has 5 nitrogen and oxygen atoms in total. The van der Waals surface area contributed by atoms with Crippen molar-refractivity contribution in [2.75, 3.05) is 19.5 Å². The van der Waals surface area contributed by atoms with Crippen molar-refractivity contribution in [1.29, 1.82) is 0 Å². The summed E-state index contributed by atoms with van der Waals surface area (Å²) in [5, 5.41) is 3.02. The predicted octanol–water partition coefficient (Wildman–Crippen LogP) is 2.36. The first-order valence-electron chi connectivity index (χ1n) is 5.51. The molecule has 0 fully saturated rings. The van der Waals surface area contributed by atoms with Gasteiger partial charge in [-0.25, -0.2) is 14.0 Å². The molecule has 0 saturated carbocycles. The average Bonchev–Trinajstić information content (AvgIpc) is 2.47. The SMILES string of the molecule is COC(=O)/C=C(/Nc1ccc(CBr)cc1F)C(=O)OC. The highest BCUT2D eigenvalue weighted by Crippen LogP contribution is 2.19. The molecule has 0 unspecified atom stereocenters. The molecule has 0 heterocycles. The molecule has 0 aromatic heterocycles. The third kappa shape index (κ3) is 4.34. The van der Waals surface area contributed by atoms with E-state index in [4.69, 9.17) is 0 Å². The largest absolute Gasteiger partial charge is 0.466 e. The van der Waals surface area contributed by atoms with Gasteiger partial charge in [-0.2, -0.15) is 0 Å². The molecule has 7 heteroatoms. The van der Waals surface area contributed by atoms with Gasteiger partial charge in [-0.15, -0.1) is 0 Å². The van der Waals surface area contributed by atoms with Crippen molar-refractivity contribution >= 4 is 33.6 Å². The molecule has 0 bridgehead atoms. The van der Waals surface area contributed by atoms with Crippen LogP contribution in [0.3, 0.4) is 0 Å². The number of anilines is 1. The fourth-order valence-corrected chi connectivity index (χ4v) is 1.67. The first-order chi connectivity index (χ1) is 9.51. The number of rotatable bonds is 5. The van der Waals surface area contributed by atoms with Crippen LogP contribution in [0.4, 0.5) is 10.1 Å². The lowest BCUT2D eigenvalue weighted by Crippen LogP contribution is -2.16. The van der Waals surface area contributed by atoms with Crippen LogP contribution in [0.5, 0.6) is 0 Å². The normalized spacial score (nSPS) is 10.9. The highest BCUT2D eigenvalue weighted by molar-refractivity contribution is 9.08. The van der Waals surface area contributed by atoms with E-state index >= 15 is 0 Å². The minimum Gasteiger partial charge on any atom is -0.466 e. The molecule has 0 amide bonds. The van der Waals surface area contributed by atoms with Gasteiger partial charge in [0.05, 0.1) is 26.0 Å². The van der Waals surface area contributed by atoms with Crippen LogP contribution >= 0.6 is 15.9 Å². The van der Waals surface area contributed by atoms with Gasteiger partial charge in [0.25, 0.3) is 0 Å². The first kappa shape index (κ1) is 16.2. The van der Waals surface area contributed by atoms with Gasteiger partial charge in [0.15, 0.2) is 0 Å². The van der Waals surface area contributed by atoms with Crippen molar-refractivity contribution in [3.8, 4) is 0 Å². The van der Waals surface area contributed by atoms with Crippen molar-refractivity contribution < 1.29 is 23.5 Å². The summed E-state index contributed by atoms with van der Waals surface area (Å²) in [7, 11) is 2.32. The molecule has 0 aliphatic heterocycles. The smallest absolute Gasteiger partial charge is 0.354 e. The van der Waals surface area contributed by atoms with Crippen LogP contribution in [0.2, 0.25) is 0 Å². The Hall–Kier alpha value is -1.89. The second kappa shape index (κ2) is 7.64. The number of hydrogen-bond acceptors (Lipinski definition) is 5. The van der Waals surface area contributed by atoms with E-state index in [9.17, 15) is 14.0 Å². The van der Waals surface area contributed by atoms with Crippen molar-refractivity contribution in [2.24, 2.45) is 0 Å². The topological polar surface area (TPSA) is 64.6 Å². The lowest BCUT2D eigenvalue weighted by molar-refractivity contribution is -0.138. The second-order valence-electron chi connectivity index (χ2n) is 3.65. The van der Waals surface area contributed by atoms with Crippen LogP contribution in [-0.2, 0) is 24.4 Å². The zero-order chi connectivity index (χ0) is 15.1. The van der Waals surface area contributed by atoms with Gasteiger partial charge < -0.3 is 14.8 Å². The molecule has 1 N–H and O–H groups in total. The van der Waals surface area contributed by atoms with E-state index in [1.807, 2.05) is 0 Å². The summed E-state index contributed by atoms with van der Waals surface area (Å²) in [5.74, 6) is -2.11. The fourth-order valence-electron chi connectivity index (χ4n) is 1.32. The Morgan fingerprint density at radius 3 is 2.55 bits per heavy atom. The Morgan fingerprint density at radius 1 is 1.35 bits per heavy atom. The molecule has 0 spiro atoms. The number of carbonyl (C=O) groups excluding carboxylic acids is 2. The molecule has 1 rings (SSSR count). The predicted molar refractivity (Wildman–Crippen MR) is 74.8 cm³/mol. The summed E-state index contributed by atoms with van der Waals surface area (Å²) in [4.78, 5) is 22.7. The van der Waals surface area contributed by atoms with Crippen molar-refractivity contribution in [1.82, 2.24) is 0 Å². The molecule has 1 aromatic carbocycles. The molecule has 0 atom stereocenters. The Balaban J connectivity index is 3.04. The van der Waals surface area contributed by atoms with E-state index in [2.05, 4.69) is 30.7 Å². The van der Waals surface area contributed by atoms with E-state index in [0.29, 0.717) is 5.33 Å². The van der Waals surface area contributed by atoms with Gasteiger partial charge in [0, 0.05) is 5.33 Å². The Morgan fingerprint density at radius 2 is 2.05 bits per heavy atom. The monoisotopic (exact) mass is 345 g/mol. The minimum atomic E-state index is -0.806. The number of hydrogen-bond donors (Lipinski definition) is 1. The minimum absolute atomic E-state index is 0.0512. The molecule has 0 saturated heterocycles. The van der Waals surface area contributed by atoms with Gasteiger partial charge in [-0.1, -0.05) is 22.0 Å². The lowest BCUT2D eigenvalue weighted by Gasteiger charge is -2.10. The van der Waals surface area contributed by atoms with Gasteiger partial charge in [0.2, 0.25) is 0 Å². The van der Waals surface area contributed by atoms with Gasteiger partial charge >= 0.3 is 11.9 Å². The number of carbonyl (C=O) groups is 2. The molecule has 1 aromatic rings. The maximum absolute atomic E-state index is 13.8. The highest BCUT2D eigenvalue weighted by atomic mass is 79.9. The zero-order valence-electron chi connectivity index (χ0n) is 10.9. The Kier molecular flexibility index (Phi) is 6.17. The number of ether oxygens (including phenoxy) is 2. The van der Waals surface area contributed by atoms with E-state index in [1.54, 1.807) is 6.07 Å². The van der Waals surface area contributed by atoms with Gasteiger partial charge in [0.1, 0.15) is 11.5 Å². The van der Waals surface area contributed by atoms with Crippen molar-refractivity contribution in [2.45, 2.75) is 5.33 Å². The molecule has 0 aliphatic carbocycles. The van der Waals surface area contributed by atoms with Crippen LogP contribution in [0, 0.1) is 5.82 Å². The summed E-state index contributed by atoms with van der Waals surface area (Å²) in [5.41, 5.74) is 0.574. The van der Waals surface area contributed by atoms with E-state index in [1.165, 1.54) is 19.2 Å². The van der Waals surface area contributed by atoms with Crippen molar-refractivity contribution in [3.63, 3.8) is 0 Å². The van der Waals surface area contributed by atoms with Crippen molar-refractivity contribution in [3.05, 3.63) is 41.4 Å². The van der Waals surface area contributed by atoms with Crippen LogP contribution in [-0.4, -0.2) is 26.2 Å². The standard InChI is InChI=1S/C13H13BrFNO4/c1-19-12(17)6-11(13(18)20-2)16-10-4-3-8(7-14)5-9(10)15/h3-6,16H,7H2,1-2H3/b11-6+. The van der Waals surface area contributed by atoms with Crippen LogP contribution < -0.4 is 5.32 Å². The molecule has 0 aliphatic rings. The summed E-state index contributed by atoms with van der Waals surface area (Å²) in [6, 6.07) is 4.44. The fraction of sp³-hybridized carbons (Fsp3) is 0.231. The number of nitrogens with one attached hydrogen (secondary N) is 1. The number of alkyl halides is 1. The number of methoxy groups -OCH3 is 2. The second-order valence-corrected chi connectivity index (χ2v) is 4.21. The first-order valence-corrected chi connectivity index (χ1v) is 6.63. The Labute approximate surface area is 123 Å². The van der Waals surface area contributed by atoms with Gasteiger partial charge in [-0.3, -0.25) is 0 Å². The van der Waals surface area contributed by atoms with Crippen LogP contribution in [0.25, 0.3) is 0 Å². The van der Waals surface area contributed by atoms with E-state index in [0.717, 1.165) is 18.7 Å². The zero-order valence-corrected chi connectivity index (χ0v) is 12.5. The summed E-state index contributed by atoms with van der Waals surface area (Å²) < 4.78 is 22.7. The third-order valence-electron chi connectivity index (χ3n) is 2.33. The van der Waals surface area contributed by atoms with E-state index in [-0.39, 0.29) is 11.4 Å². The molecule has 108 valence electrons. The molecule has 0 radical (unpaired) electrons. The number of esters is 2. The van der Waals surface area contributed by atoms with Crippen LogP contribution in [0.15, 0.2) is 30.0 Å². The third-order valence-corrected chi connectivity index (χ3v) is 2.97. The van der Waals surface area contributed by atoms with Crippen LogP contribution in [0.1, 0.15) is 5.56 Å². The summed E-state index contributed by atoms with van der Waals surface area (Å²) in [6.07, 6.45) is 0.893. The quantitative estimate of drug-likeness (QED) is 0.504. The maximum atomic E-state index is 13.8.